The highest BCUT2D eigenvalue weighted by atomic mass is 35.5. The standard InChI is InChI=1S/C14H17Cl2NO2/c1-8(14(18)19)10-6-17(7-10)9(2)11-4-3-5-12(15)13(11)16/h3-5,8-10H,6-7H2,1-2H3,(H,18,19). The van der Waals surface area contributed by atoms with E-state index in [1.54, 1.807) is 13.0 Å². The molecule has 2 atom stereocenters. The van der Waals surface area contributed by atoms with E-state index >= 15 is 0 Å². The van der Waals surface area contributed by atoms with E-state index in [4.69, 9.17) is 28.3 Å². The van der Waals surface area contributed by atoms with E-state index in [1.165, 1.54) is 0 Å². The molecule has 1 aromatic carbocycles. The van der Waals surface area contributed by atoms with Gasteiger partial charge in [0.05, 0.1) is 16.0 Å². The van der Waals surface area contributed by atoms with Crippen LogP contribution >= 0.6 is 23.2 Å². The third-order valence-corrected chi connectivity index (χ3v) is 4.85. The van der Waals surface area contributed by atoms with Gasteiger partial charge in [-0.2, -0.15) is 0 Å². The SMILES string of the molecule is CC(C(=O)O)C1CN(C(C)c2cccc(Cl)c2Cl)C1. The van der Waals surface area contributed by atoms with E-state index in [1.807, 2.05) is 12.1 Å². The molecule has 2 unspecified atom stereocenters. The zero-order valence-electron chi connectivity index (χ0n) is 10.9. The van der Waals surface area contributed by atoms with Crippen molar-refractivity contribution >= 4 is 29.2 Å². The lowest BCUT2D eigenvalue weighted by Crippen LogP contribution is -2.51. The van der Waals surface area contributed by atoms with Gasteiger partial charge in [-0.25, -0.2) is 0 Å². The van der Waals surface area contributed by atoms with Crippen molar-refractivity contribution in [3.05, 3.63) is 33.8 Å². The fourth-order valence-corrected chi connectivity index (χ4v) is 2.89. The first-order valence-electron chi connectivity index (χ1n) is 6.32. The Balaban J connectivity index is 2.02. The van der Waals surface area contributed by atoms with E-state index in [0.717, 1.165) is 18.7 Å². The molecule has 0 aromatic heterocycles. The normalized spacial score (nSPS) is 19.8. The summed E-state index contributed by atoms with van der Waals surface area (Å²) in [6.45, 7) is 5.41. The van der Waals surface area contributed by atoms with Crippen molar-refractivity contribution in [1.29, 1.82) is 0 Å². The van der Waals surface area contributed by atoms with E-state index < -0.39 is 5.97 Å². The van der Waals surface area contributed by atoms with Gasteiger partial charge in [-0.1, -0.05) is 42.3 Å². The van der Waals surface area contributed by atoms with Crippen molar-refractivity contribution in [3.63, 3.8) is 0 Å². The average molecular weight is 302 g/mol. The number of hydrogen-bond acceptors (Lipinski definition) is 2. The fourth-order valence-electron chi connectivity index (χ4n) is 2.42. The predicted octanol–water partition coefficient (Wildman–Crippen LogP) is 3.71. The molecule has 1 N–H and O–H groups in total. The van der Waals surface area contributed by atoms with Crippen LogP contribution in [0, 0.1) is 11.8 Å². The summed E-state index contributed by atoms with van der Waals surface area (Å²) in [5.41, 5.74) is 0.996. The lowest BCUT2D eigenvalue weighted by molar-refractivity contribution is -0.146. The Morgan fingerprint density at radius 2 is 2.00 bits per heavy atom. The second-order valence-corrected chi connectivity index (χ2v) is 5.95. The number of nitrogens with zero attached hydrogens (tertiary/aromatic N) is 1. The van der Waals surface area contributed by atoms with Crippen LogP contribution in [0.2, 0.25) is 10.0 Å². The molecule has 1 saturated heterocycles. The number of carbonyl (C=O) groups is 1. The molecule has 19 heavy (non-hydrogen) atoms. The van der Waals surface area contributed by atoms with Crippen molar-refractivity contribution in [1.82, 2.24) is 4.90 Å². The highest BCUT2D eigenvalue weighted by Gasteiger charge is 2.37. The highest BCUT2D eigenvalue weighted by molar-refractivity contribution is 6.42. The number of rotatable bonds is 4. The molecule has 0 spiro atoms. The Labute approximate surface area is 123 Å². The number of likely N-dealkylation sites (tertiary alicyclic amines) is 1. The number of aliphatic carboxylic acids is 1. The van der Waals surface area contributed by atoms with E-state index in [9.17, 15) is 4.79 Å². The molecule has 0 saturated carbocycles. The van der Waals surface area contributed by atoms with E-state index in [-0.39, 0.29) is 17.9 Å². The van der Waals surface area contributed by atoms with Crippen LogP contribution in [-0.2, 0) is 4.79 Å². The van der Waals surface area contributed by atoms with Crippen LogP contribution < -0.4 is 0 Å². The maximum absolute atomic E-state index is 10.9. The number of halogens is 2. The molecule has 104 valence electrons. The molecule has 2 rings (SSSR count). The van der Waals surface area contributed by atoms with Crippen LogP contribution in [0.25, 0.3) is 0 Å². The minimum Gasteiger partial charge on any atom is -0.481 e. The van der Waals surface area contributed by atoms with Gasteiger partial charge in [-0.05, 0) is 24.5 Å². The minimum absolute atomic E-state index is 0.156. The Hall–Kier alpha value is -0.770. The molecule has 0 radical (unpaired) electrons. The second-order valence-electron chi connectivity index (χ2n) is 5.16. The first-order valence-corrected chi connectivity index (χ1v) is 7.08. The Kier molecular flexibility index (Phi) is 4.39. The van der Waals surface area contributed by atoms with Crippen molar-refractivity contribution in [2.75, 3.05) is 13.1 Å². The maximum Gasteiger partial charge on any atom is 0.306 e. The molecule has 0 bridgehead atoms. The van der Waals surface area contributed by atoms with Crippen molar-refractivity contribution < 1.29 is 9.90 Å². The molecule has 0 amide bonds. The summed E-state index contributed by atoms with van der Waals surface area (Å²) in [6, 6.07) is 5.78. The van der Waals surface area contributed by atoms with Gasteiger partial charge in [0.2, 0.25) is 0 Å². The average Bonchev–Trinajstić information content (AvgIpc) is 2.30. The molecule has 1 fully saturated rings. The first kappa shape index (κ1) is 14.6. The first-order chi connectivity index (χ1) is 8.91. The van der Waals surface area contributed by atoms with Crippen LogP contribution in [0.3, 0.4) is 0 Å². The minimum atomic E-state index is -0.724. The number of carboxylic acids is 1. The second kappa shape index (κ2) is 5.70. The lowest BCUT2D eigenvalue weighted by Gasteiger charge is -2.45. The van der Waals surface area contributed by atoms with Gasteiger partial charge in [-0.3, -0.25) is 9.69 Å². The molecule has 1 aromatic rings. The van der Waals surface area contributed by atoms with E-state index in [0.29, 0.717) is 10.0 Å². The summed E-state index contributed by atoms with van der Waals surface area (Å²) < 4.78 is 0. The highest BCUT2D eigenvalue weighted by Crippen LogP contribution is 2.37. The van der Waals surface area contributed by atoms with Crippen LogP contribution in [-0.4, -0.2) is 29.1 Å². The quantitative estimate of drug-likeness (QED) is 0.922. The summed E-state index contributed by atoms with van der Waals surface area (Å²) in [4.78, 5) is 13.1. The number of benzene rings is 1. The third kappa shape index (κ3) is 2.88. The monoisotopic (exact) mass is 301 g/mol. The van der Waals surface area contributed by atoms with Gasteiger partial charge in [0.15, 0.2) is 0 Å². The molecular weight excluding hydrogens is 285 g/mol. The van der Waals surface area contributed by atoms with Crippen molar-refractivity contribution in [3.8, 4) is 0 Å². The summed E-state index contributed by atoms with van der Waals surface area (Å²) in [6.07, 6.45) is 0. The smallest absolute Gasteiger partial charge is 0.306 e. The molecule has 1 heterocycles. The molecule has 0 aliphatic carbocycles. The molecule has 5 heteroatoms. The molecule has 1 aliphatic rings. The summed E-state index contributed by atoms with van der Waals surface area (Å²) in [5, 5.41) is 10.1. The Bertz CT molecular complexity index is 486. The summed E-state index contributed by atoms with van der Waals surface area (Å²) in [7, 11) is 0. The molecule has 1 aliphatic heterocycles. The van der Waals surface area contributed by atoms with Gasteiger partial charge in [0, 0.05) is 19.1 Å². The van der Waals surface area contributed by atoms with Crippen LogP contribution in [0.5, 0.6) is 0 Å². The van der Waals surface area contributed by atoms with Gasteiger partial charge >= 0.3 is 5.97 Å². The Morgan fingerprint density at radius 3 is 2.58 bits per heavy atom. The number of carboxylic acid groups (broad SMARTS) is 1. The van der Waals surface area contributed by atoms with Gasteiger partial charge in [-0.15, -0.1) is 0 Å². The topological polar surface area (TPSA) is 40.5 Å². The predicted molar refractivity (Wildman–Crippen MR) is 76.7 cm³/mol. The fraction of sp³-hybridized carbons (Fsp3) is 0.500. The zero-order valence-corrected chi connectivity index (χ0v) is 12.4. The Morgan fingerprint density at radius 1 is 1.37 bits per heavy atom. The largest absolute Gasteiger partial charge is 0.481 e. The lowest BCUT2D eigenvalue weighted by atomic mass is 9.85. The van der Waals surface area contributed by atoms with Crippen LogP contribution in [0.1, 0.15) is 25.5 Å². The zero-order chi connectivity index (χ0) is 14.2. The number of hydrogen-bond donors (Lipinski definition) is 1. The summed E-state index contributed by atoms with van der Waals surface area (Å²) >= 11 is 12.2. The van der Waals surface area contributed by atoms with Crippen molar-refractivity contribution in [2.45, 2.75) is 19.9 Å². The summed E-state index contributed by atoms with van der Waals surface area (Å²) in [5.74, 6) is -0.797. The maximum atomic E-state index is 10.9. The van der Waals surface area contributed by atoms with Gasteiger partial charge < -0.3 is 5.11 Å². The van der Waals surface area contributed by atoms with Crippen LogP contribution in [0.15, 0.2) is 18.2 Å². The van der Waals surface area contributed by atoms with E-state index in [2.05, 4.69) is 11.8 Å². The van der Waals surface area contributed by atoms with Gasteiger partial charge in [0.1, 0.15) is 0 Å². The van der Waals surface area contributed by atoms with Crippen molar-refractivity contribution in [2.24, 2.45) is 11.8 Å². The third-order valence-electron chi connectivity index (χ3n) is 4.01. The van der Waals surface area contributed by atoms with Gasteiger partial charge in [0.25, 0.3) is 0 Å². The van der Waals surface area contributed by atoms with Crippen LogP contribution in [0.4, 0.5) is 0 Å². The molecule has 3 nitrogen and oxygen atoms in total. The molecular formula is C14H17Cl2NO2.